The molecule has 0 saturated heterocycles. The molecule has 0 bridgehead atoms. The Hall–Kier alpha value is -3.80. The third kappa shape index (κ3) is 7.51. The summed E-state index contributed by atoms with van der Waals surface area (Å²) in [6.07, 6.45) is 1.25. The Kier molecular flexibility index (Phi) is 8.05. The van der Waals surface area contributed by atoms with Crippen molar-refractivity contribution < 1.29 is 14.3 Å². The molecule has 0 saturated carbocycles. The first kappa shape index (κ1) is 21.9. The van der Waals surface area contributed by atoms with Crippen LogP contribution in [0.4, 0.5) is 17.1 Å². The number of benzene rings is 3. The summed E-state index contributed by atoms with van der Waals surface area (Å²) in [4.78, 5) is 24.0. The van der Waals surface area contributed by atoms with Crippen molar-refractivity contribution in [3.63, 3.8) is 0 Å². The van der Waals surface area contributed by atoms with Crippen LogP contribution in [-0.2, 0) is 16.2 Å². The average molecular weight is 418 g/mol. The predicted molar refractivity (Wildman–Crippen MR) is 124 cm³/mol. The van der Waals surface area contributed by atoms with Gasteiger partial charge in [0.05, 0.1) is 6.54 Å². The minimum atomic E-state index is -0.179. The van der Waals surface area contributed by atoms with E-state index in [1.807, 2.05) is 61.5 Å². The fourth-order valence-corrected chi connectivity index (χ4v) is 2.92. The Morgan fingerprint density at radius 3 is 2.13 bits per heavy atom. The van der Waals surface area contributed by atoms with Crippen LogP contribution in [0.3, 0.4) is 0 Å². The van der Waals surface area contributed by atoms with Crippen molar-refractivity contribution in [2.75, 3.05) is 22.5 Å². The van der Waals surface area contributed by atoms with E-state index in [-0.39, 0.29) is 18.4 Å². The molecule has 0 unspecified atom stereocenters. The Morgan fingerprint density at radius 2 is 1.45 bits per heavy atom. The van der Waals surface area contributed by atoms with Crippen molar-refractivity contribution in [2.24, 2.45) is 0 Å². The van der Waals surface area contributed by atoms with Gasteiger partial charge in [0.2, 0.25) is 11.8 Å². The molecule has 0 radical (unpaired) electrons. The summed E-state index contributed by atoms with van der Waals surface area (Å²) in [7, 11) is 0. The monoisotopic (exact) mass is 417 g/mol. The molecule has 0 aliphatic carbocycles. The fourth-order valence-electron chi connectivity index (χ4n) is 2.92. The van der Waals surface area contributed by atoms with Gasteiger partial charge in [-0.2, -0.15) is 0 Å². The lowest BCUT2D eigenvalue weighted by Crippen LogP contribution is -2.21. The number of rotatable bonds is 10. The van der Waals surface area contributed by atoms with Crippen molar-refractivity contribution in [3.8, 4) is 5.75 Å². The Balaban J connectivity index is 1.44. The molecule has 3 aromatic rings. The third-order valence-corrected chi connectivity index (χ3v) is 4.46. The van der Waals surface area contributed by atoms with Gasteiger partial charge >= 0.3 is 0 Å². The molecule has 0 aliphatic rings. The summed E-state index contributed by atoms with van der Waals surface area (Å²) in [5, 5.41) is 8.74. The van der Waals surface area contributed by atoms with Crippen LogP contribution >= 0.6 is 0 Å². The molecule has 6 heteroatoms. The molecule has 0 atom stereocenters. The van der Waals surface area contributed by atoms with Crippen LogP contribution in [0.1, 0.15) is 25.3 Å². The highest BCUT2D eigenvalue weighted by atomic mass is 16.5. The van der Waals surface area contributed by atoms with Gasteiger partial charge in [-0.15, -0.1) is 0 Å². The lowest BCUT2D eigenvalue weighted by Gasteiger charge is -2.11. The van der Waals surface area contributed by atoms with Crippen LogP contribution < -0.4 is 20.7 Å². The zero-order valence-corrected chi connectivity index (χ0v) is 17.6. The van der Waals surface area contributed by atoms with E-state index in [1.54, 1.807) is 24.3 Å². The number of nitrogens with one attached hydrogen (secondary N) is 3. The van der Waals surface area contributed by atoms with Crippen molar-refractivity contribution in [3.05, 3.63) is 84.4 Å². The van der Waals surface area contributed by atoms with Crippen LogP contribution in [0, 0.1) is 0 Å². The Labute approximate surface area is 182 Å². The first-order valence-corrected chi connectivity index (χ1v) is 10.3. The SMILES string of the molecule is CCCC(=O)Nc1cccc(NC(=O)CNc2ccc(OCc3ccccc3)cc2)c1. The normalized spacial score (nSPS) is 10.2. The minimum Gasteiger partial charge on any atom is -0.489 e. The zero-order chi connectivity index (χ0) is 21.9. The second-order valence-electron chi connectivity index (χ2n) is 7.08. The second-order valence-corrected chi connectivity index (χ2v) is 7.08. The summed E-state index contributed by atoms with van der Waals surface area (Å²) in [6.45, 7) is 2.58. The second kappa shape index (κ2) is 11.4. The third-order valence-electron chi connectivity index (χ3n) is 4.46. The number of carbonyl (C=O) groups excluding carboxylic acids is 2. The summed E-state index contributed by atoms with van der Waals surface area (Å²) < 4.78 is 5.77. The molecule has 2 amide bonds. The number of ether oxygens (including phenoxy) is 1. The predicted octanol–water partition coefficient (Wildman–Crippen LogP) is 5.05. The van der Waals surface area contributed by atoms with E-state index in [1.165, 1.54) is 0 Å². The molecule has 3 aromatic carbocycles. The van der Waals surface area contributed by atoms with Crippen LogP contribution in [0.5, 0.6) is 5.75 Å². The number of hydrogen-bond acceptors (Lipinski definition) is 4. The molecule has 0 aliphatic heterocycles. The number of anilines is 3. The van der Waals surface area contributed by atoms with E-state index in [0.29, 0.717) is 24.4 Å². The van der Waals surface area contributed by atoms with E-state index < -0.39 is 0 Å². The Bertz CT molecular complexity index is 988. The van der Waals surface area contributed by atoms with Gasteiger partial charge in [-0.1, -0.05) is 43.3 Å². The van der Waals surface area contributed by atoms with Crippen LogP contribution in [0.2, 0.25) is 0 Å². The van der Waals surface area contributed by atoms with Gasteiger partial charge in [-0.25, -0.2) is 0 Å². The summed E-state index contributed by atoms with van der Waals surface area (Å²) in [5.41, 5.74) is 3.22. The molecule has 31 heavy (non-hydrogen) atoms. The molecule has 0 aromatic heterocycles. The molecule has 0 heterocycles. The molecule has 6 nitrogen and oxygen atoms in total. The van der Waals surface area contributed by atoms with Crippen LogP contribution in [0.25, 0.3) is 0 Å². The van der Waals surface area contributed by atoms with Gasteiger partial charge in [0, 0.05) is 23.5 Å². The van der Waals surface area contributed by atoms with Gasteiger partial charge in [-0.3, -0.25) is 9.59 Å². The van der Waals surface area contributed by atoms with E-state index in [2.05, 4.69) is 16.0 Å². The van der Waals surface area contributed by atoms with E-state index in [0.717, 1.165) is 23.4 Å². The molecule has 160 valence electrons. The highest BCUT2D eigenvalue weighted by Crippen LogP contribution is 2.18. The van der Waals surface area contributed by atoms with Crippen molar-refractivity contribution in [1.29, 1.82) is 0 Å². The van der Waals surface area contributed by atoms with Gasteiger partial charge in [0.1, 0.15) is 12.4 Å². The standard InChI is InChI=1S/C25H27N3O3/c1-2-7-24(29)27-21-10-6-11-22(16-21)28-25(30)17-26-20-12-14-23(15-13-20)31-18-19-8-4-3-5-9-19/h3-6,8-16,26H,2,7,17-18H2,1H3,(H,27,29)(H,28,30). The smallest absolute Gasteiger partial charge is 0.243 e. The van der Waals surface area contributed by atoms with E-state index >= 15 is 0 Å². The van der Waals surface area contributed by atoms with Crippen LogP contribution in [-0.4, -0.2) is 18.4 Å². The maximum absolute atomic E-state index is 12.3. The molecule has 0 fully saturated rings. The first-order chi connectivity index (χ1) is 15.1. The van der Waals surface area contributed by atoms with Gasteiger partial charge in [0.25, 0.3) is 0 Å². The van der Waals surface area contributed by atoms with E-state index in [9.17, 15) is 9.59 Å². The topological polar surface area (TPSA) is 79.5 Å². The highest BCUT2D eigenvalue weighted by Gasteiger charge is 2.05. The lowest BCUT2D eigenvalue weighted by molar-refractivity contribution is -0.116. The summed E-state index contributed by atoms with van der Waals surface area (Å²) >= 11 is 0. The molecule has 3 rings (SSSR count). The van der Waals surface area contributed by atoms with E-state index in [4.69, 9.17) is 4.74 Å². The van der Waals surface area contributed by atoms with Gasteiger partial charge in [-0.05, 0) is 54.4 Å². The summed E-state index contributed by atoms with van der Waals surface area (Å²) in [6, 6.07) is 24.6. The number of carbonyl (C=O) groups is 2. The van der Waals surface area contributed by atoms with Gasteiger partial charge < -0.3 is 20.7 Å². The molecular formula is C25H27N3O3. The Morgan fingerprint density at radius 1 is 0.774 bits per heavy atom. The fraction of sp³-hybridized carbons (Fsp3) is 0.200. The largest absolute Gasteiger partial charge is 0.489 e. The molecule has 0 spiro atoms. The van der Waals surface area contributed by atoms with Crippen molar-refractivity contribution >= 4 is 28.9 Å². The number of hydrogen-bond donors (Lipinski definition) is 3. The maximum Gasteiger partial charge on any atom is 0.243 e. The van der Waals surface area contributed by atoms with Crippen molar-refractivity contribution in [1.82, 2.24) is 0 Å². The number of amides is 2. The van der Waals surface area contributed by atoms with Crippen LogP contribution in [0.15, 0.2) is 78.9 Å². The lowest BCUT2D eigenvalue weighted by atomic mass is 10.2. The zero-order valence-electron chi connectivity index (χ0n) is 17.6. The molecule has 3 N–H and O–H groups in total. The summed E-state index contributed by atoms with van der Waals surface area (Å²) in [5.74, 6) is 0.547. The average Bonchev–Trinajstić information content (AvgIpc) is 2.78. The quantitative estimate of drug-likeness (QED) is 0.431. The minimum absolute atomic E-state index is 0.0381. The first-order valence-electron chi connectivity index (χ1n) is 10.3. The highest BCUT2D eigenvalue weighted by molar-refractivity contribution is 5.95. The van der Waals surface area contributed by atoms with Crippen molar-refractivity contribution in [2.45, 2.75) is 26.4 Å². The van der Waals surface area contributed by atoms with Gasteiger partial charge in [0.15, 0.2) is 0 Å². The maximum atomic E-state index is 12.3. The molecular weight excluding hydrogens is 390 g/mol.